The van der Waals surface area contributed by atoms with Crippen molar-refractivity contribution >= 4 is 61.0 Å². The van der Waals surface area contributed by atoms with Gasteiger partial charge in [-0.25, -0.2) is 12.2 Å². The summed E-state index contributed by atoms with van der Waals surface area (Å²) in [4.78, 5) is 0. The number of unbranched alkanes of at least 4 members (excludes halogenated alkanes) is 1. The molecule has 0 heterocycles. The SMILES string of the molecule is CCCCC1(C)[C-]=C2C=c3cc(C)c([Si](C)(C)C)cc3=C2C=C1[Si](C)(C)C.Cl.Cl.[C-]1=CC=CC1.[Zr+2]=[C](Cc1ccccc1)Cc1ccccc1. The number of rotatable bonds is 9. The van der Waals surface area contributed by atoms with Gasteiger partial charge in [0.1, 0.15) is 0 Å². The van der Waals surface area contributed by atoms with Gasteiger partial charge in [-0.3, -0.25) is 6.08 Å². The van der Waals surface area contributed by atoms with Crippen molar-refractivity contribution in [3.8, 4) is 0 Å². The number of halogens is 2. The Balaban J connectivity index is 0.000000318. The predicted octanol–water partition coefficient (Wildman–Crippen LogP) is 10.6. The van der Waals surface area contributed by atoms with Gasteiger partial charge in [-0.1, -0.05) is 111 Å². The first-order valence-corrected chi connectivity index (χ1v) is 26.1. The fourth-order valence-electron chi connectivity index (χ4n) is 7.06. The van der Waals surface area contributed by atoms with Crippen molar-refractivity contribution in [1.82, 2.24) is 0 Å². The van der Waals surface area contributed by atoms with Crippen molar-refractivity contribution in [2.75, 3.05) is 0 Å². The van der Waals surface area contributed by atoms with Crippen LogP contribution in [0.15, 0.2) is 108 Å². The first-order chi connectivity index (χ1) is 22.7. The van der Waals surface area contributed by atoms with E-state index in [2.05, 4.69) is 163 Å². The molecule has 0 saturated heterocycles. The molecule has 0 nitrogen and oxygen atoms in total. The Morgan fingerprint density at radius 2 is 1.40 bits per heavy atom. The molecule has 0 radical (unpaired) electrons. The maximum atomic E-state index is 4.01. The number of benzene rings is 3. The van der Waals surface area contributed by atoms with Gasteiger partial charge < -0.3 is 0 Å². The zero-order valence-electron chi connectivity index (χ0n) is 31.9. The Labute approximate surface area is 333 Å². The Kier molecular flexibility index (Phi) is 17.6. The van der Waals surface area contributed by atoms with Crippen LogP contribution < -0.4 is 15.6 Å². The van der Waals surface area contributed by atoms with Crippen LogP contribution in [-0.4, -0.2) is 19.4 Å². The summed E-state index contributed by atoms with van der Waals surface area (Å²) in [7, 11) is -2.77. The summed E-state index contributed by atoms with van der Waals surface area (Å²) < 4.78 is 1.60. The Morgan fingerprint density at radius 3 is 1.84 bits per heavy atom. The van der Waals surface area contributed by atoms with Crippen molar-refractivity contribution in [2.45, 2.75) is 98.6 Å². The number of aryl methyl sites for hydroxylation is 1. The Hall–Kier alpha value is -1.87. The van der Waals surface area contributed by atoms with E-state index in [0.29, 0.717) is 0 Å². The van der Waals surface area contributed by atoms with Crippen LogP contribution in [-0.2, 0) is 37.1 Å². The van der Waals surface area contributed by atoms with E-state index < -0.39 is 16.1 Å². The number of hydrogen-bond donors (Lipinski definition) is 0. The molecule has 0 bridgehead atoms. The molecule has 0 saturated carbocycles. The molecule has 0 amide bonds. The number of allylic oxidation sites excluding steroid dienone is 8. The minimum atomic E-state index is -1.42. The zero-order chi connectivity index (χ0) is 35.0. The van der Waals surface area contributed by atoms with Gasteiger partial charge in [-0.05, 0) is 12.3 Å². The van der Waals surface area contributed by atoms with Gasteiger partial charge in [0.2, 0.25) is 0 Å². The van der Waals surface area contributed by atoms with Crippen molar-refractivity contribution in [2.24, 2.45) is 5.41 Å². The minimum absolute atomic E-state index is 0. The second-order valence-electron chi connectivity index (χ2n) is 15.8. The second-order valence-corrected chi connectivity index (χ2v) is 27.6. The van der Waals surface area contributed by atoms with Crippen LogP contribution in [0.4, 0.5) is 0 Å². The van der Waals surface area contributed by atoms with E-state index in [-0.39, 0.29) is 30.2 Å². The molecule has 6 rings (SSSR count). The maximum absolute atomic E-state index is 4.01. The van der Waals surface area contributed by atoms with E-state index in [1.54, 1.807) is 37.8 Å². The third-order valence-electron chi connectivity index (χ3n) is 9.32. The summed E-state index contributed by atoms with van der Waals surface area (Å²) in [6.45, 7) is 21.9. The van der Waals surface area contributed by atoms with Gasteiger partial charge in [-0.2, -0.15) is 23.8 Å². The van der Waals surface area contributed by atoms with Gasteiger partial charge >= 0.3 is 112 Å². The molecule has 1 unspecified atom stereocenters. The van der Waals surface area contributed by atoms with Gasteiger partial charge in [0.15, 0.2) is 0 Å². The predicted molar refractivity (Wildman–Crippen MR) is 228 cm³/mol. The molecule has 0 aliphatic heterocycles. The van der Waals surface area contributed by atoms with Crippen LogP contribution in [0.5, 0.6) is 0 Å². The first-order valence-electron chi connectivity index (χ1n) is 17.8. The molecule has 3 aliphatic rings. The normalized spacial score (nSPS) is 16.9. The summed E-state index contributed by atoms with van der Waals surface area (Å²) in [5, 5.41) is 6.14. The summed E-state index contributed by atoms with van der Waals surface area (Å²) in [6.07, 6.45) is 25.0. The van der Waals surface area contributed by atoms with E-state index in [4.69, 9.17) is 0 Å². The van der Waals surface area contributed by atoms with Crippen LogP contribution in [0.3, 0.4) is 0 Å². The molecule has 3 aliphatic carbocycles. The summed E-state index contributed by atoms with van der Waals surface area (Å²) in [6, 6.07) is 26.4. The molecule has 264 valence electrons. The molecule has 5 heteroatoms. The third kappa shape index (κ3) is 12.4. The van der Waals surface area contributed by atoms with E-state index in [1.165, 1.54) is 57.5 Å². The summed E-state index contributed by atoms with van der Waals surface area (Å²) >= 11 is 1.55. The van der Waals surface area contributed by atoms with Gasteiger partial charge in [0.05, 0.1) is 16.1 Å². The summed E-state index contributed by atoms with van der Waals surface area (Å²) in [5.41, 5.74) is 7.20. The van der Waals surface area contributed by atoms with Crippen molar-refractivity contribution in [3.05, 3.63) is 147 Å². The quantitative estimate of drug-likeness (QED) is 0.149. The third-order valence-corrected chi connectivity index (χ3v) is 14.7. The number of hydrogen-bond acceptors (Lipinski definition) is 0. The van der Waals surface area contributed by atoms with Gasteiger partial charge in [-0.15, -0.1) is 42.9 Å². The van der Waals surface area contributed by atoms with Crippen LogP contribution >= 0.6 is 24.8 Å². The number of fused-ring (bicyclic) bond motifs is 2. The average Bonchev–Trinajstić information content (AvgIpc) is 3.71. The standard InChI is InChI=1S/C25H37Si2.C15H14.C5H5.2ClH.Zr/c1-10-11-12-25(3)17-20-14-19-13-18(2)23(26(4,5)6)15-21(19)22(20)16-24(25)27(7,8)9;1-3-8-14(9-4-1)12-7-13-15-10-5-2-6-11-15;1-2-4-5-3-1;;;/h13-16H,10-12H2,1-9H3;1-6,8-11H,12-13H2;1-3H,4H2;2*1H;/q-1;;-1;;;+2. The van der Waals surface area contributed by atoms with Crippen LogP contribution in [0, 0.1) is 24.5 Å². The Morgan fingerprint density at radius 1 is 0.820 bits per heavy atom. The van der Waals surface area contributed by atoms with Gasteiger partial charge in [0.25, 0.3) is 0 Å². The van der Waals surface area contributed by atoms with E-state index >= 15 is 0 Å². The average molecular weight is 817 g/mol. The van der Waals surface area contributed by atoms with Crippen LogP contribution in [0.2, 0.25) is 39.3 Å². The van der Waals surface area contributed by atoms with E-state index in [0.717, 1.165) is 19.3 Å². The molecule has 0 aromatic heterocycles. The van der Waals surface area contributed by atoms with E-state index in [9.17, 15) is 0 Å². The van der Waals surface area contributed by atoms with E-state index in [1.807, 2.05) is 12.2 Å². The van der Waals surface area contributed by atoms with Crippen molar-refractivity contribution in [3.63, 3.8) is 0 Å². The molecular formula is C45H58Cl2Si2Zr. The fourth-order valence-corrected chi connectivity index (χ4v) is 12.3. The second kappa shape index (κ2) is 19.8. The molecule has 1 atom stereocenters. The van der Waals surface area contributed by atoms with Crippen LogP contribution in [0.25, 0.3) is 11.6 Å². The first kappa shape index (κ1) is 44.3. The molecular weight excluding hydrogens is 759 g/mol. The van der Waals surface area contributed by atoms with Gasteiger partial charge in [0, 0.05) is 0 Å². The molecule has 50 heavy (non-hydrogen) atoms. The van der Waals surface area contributed by atoms with Crippen LogP contribution in [0.1, 0.15) is 56.2 Å². The molecule has 3 aromatic carbocycles. The monoisotopic (exact) mass is 814 g/mol. The zero-order valence-corrected chi connectivity index (χ0v) is 38.0. The van der Waals surface area contributed by atoms with Crippen molar-refractivity contribution < 1.29 is 24.2 Å². The molecule has 3 aromatic rings. The molecule has 0 N–H and O–H groups in total. The Bertz CT molecular complexity index is 1770. The summed E-state index contributed by atoms with van der Waals surface area (Å²) in [5.74, 6) is 0. The molecule has 0 fully saturated rings. The topological polar surface area (TPSA) is 0 Å². The van der Waals surface area contributed by atoms with Crippen molar-refractivity contribution in [1.29, 1.82) is 0 Å². The molecule has 0 spiro atoms. The fraction of sp³-hybridized carbons (Fsp3) is 0.356.